The van der Waals surface area contributed by atoms with E-state index in [1.54, 1.807) is 0 Å². The fourth-order valence-corrected chi connectivity index (χ4v) is 7.32. The fourth-order valence-electron chi connectivity index (χ4n) is 7.32. The molecule has 0 radical (unpaired) electrons. The van der Waals surface area contributed by atoms with E-state index in [1.807, 2.05) is 0 Å². The molecule has 0 N–H and O–H groups in total. The second-order valence-corrected chi connectivity index (χ2v) is 13.1. The van der Waals surface area contributed by atoms with E-state index in [1.165, 1.54) is 0 Å². The maximum absolute atomic E-state index is 16.9. The Morgan fingerprint density at radius 2 is 0.394 bits per heavy atom. The van der Waals surface area contributed by atoms with Crippen molar-refractivity contribution in [2.75, 3.05) is 0 Å². The lowest BCUT2D eigenvalue weighted by Gasteiger charge is -2.10. The lowest BCUT2D eigenvalue weighted by molar-refractivity contribution is 0.447. The van der Waals surface area contributed by atoms with Crippen LogP contribution in [0.4, 0.5) is 79.0 Å². The first-order chi connectivity index (χ1) is 31.1. The molecule has 0 aromatic heterocycles. The van der Waals surface area contributed by atoms with E-state index in [0.29, 0.717) is 18.2 Å². The molecule has 0 fully saturated rings. The third-order valence-electron chi connectivity index (χ3n) is 10.1. The van der Waals surface area contributed by atoms with E-state index in [9.17, 15) is 42.1 Å². The van der Waals surface area contributed by atoms with Crippen LogP contribution in [0.25, 0.3) is 51.7 Å². The molecule has 0 saturated carbocycles. The highest BCUT2D eigenvalue weighted by Gasteiger charge is 2.41. The van der Waals surface area contributed by atoms with Crippen molar-refractivity contribution < 1.29 is 79.0 Å². The summed E-state index contributed by atoms with van der Waals surface area (Å²) in [6.07, 6.45) is 0. The van der Waals surface area contributed by atoms with Gasteiger partial charge in [0.15, 0.2) is 69.8 Å². The molecule has 0 saturated heterocycles. The molecule has 6 nitrogen and oxygen atoms in total. The number of nitrogens with zero attached hydrogens (tertiary/aromatic N) is 6. The standard InChI is InChI=1S/C42F18N6/c43-25-10(4-64)26(44)38(56)16(37(25)55)7(1-61)13-31(49)19-20(32(13)50)22-24(36(54)15(34(22)52)9(3-63)18-41(59)29(47)12(6-66)30(48)42(18)60)23-21(19)33(51)14(35(23)53)8(2-62)17-39(57)27(45)11(5-65)28(46)40(17)58. The molecule has 0 heterocycles. The van der Waals surface area contributed by atoms with Crippen molar-refractivity contribution in [3.63, 3.8) is 0 Å². The van der Waals surface area contributed by atoms with Crippen LogP contribution in [0.5, 0.6) is 0 Å². The average molecular weight is 930 g/mol. The van der Waals surface area contributed by atoms with Gasteiger partial charge in [-0.25, -0.2) is 79.0 Å². The molecule has 0 atom stereocenters. The molecule has 24 heteroatoms. The average Bonchev–Trinajstić information content (AvgIpc) is 3.81. The van der Waals surface area contributed by atoms with E-state index in [2.05, 4.69) is 0 Å². The van der Waals surface area contributed by atoms with E-state index in [4.69, 9.17) is 15.8 Å². The van der Waals surface area contributed by atoms with Crippen molar-refractivity contribution in [1.82, 2.24) is 0 Å². The summed E-state index contributed by atoms with van der Waals surface area (Å²) >= 11 is 0. The molecule has 0 amide bonds. The second-order valence-electron chi connectivity index (χ2n) is 13.1. The lowest BCUT2D eigenvalue weighted by Crippen LogP contribution is -2.64. The van der Waals surface area contributed by atoms with Crippen molar-refractivity contribution in [3.8, 4) is 36.4 Å². The number of nitriles is 6. The number of hydrogen-bond acceptors (Lipinski definition) is 6. The predicted octanol–water partition coefficient (Wildman–Crippen LogP) is 6.41. The zero-order valence-corrected chi connectivity index (χ0v) is 30.5. The summed E-state index contributed by atoms with van der Waals surface area (Å²) in [4.78, 5) is 0. The largest absolute Gasteiger partial charge is 0.205 e. The summed E-state index contributed by atoms with van der Waals surface area (Å²) in [6, 6.07) is 4.25. The van der Waals surface area contributed by atoms with Crippen molar-refractivity contribution in [3.05, 3.63) is 151 Å². The monoisotopic (exact) mass is 930 g/mol. The SMILES string of the molecule is N#CC(=C1C(F)=c2c3c(c4c(c2=C1F)=C(F)C(=C(C#N)c1c(F)c(F)c(C#N)c(F)c1F)C=4F)=C(F)C(=C(C#N)c1c(F)c(F)c(C#N)c(F)c1F)C=3F)c1c(F)c(F)c(C#N)c(F)c1F. The molecule has 66 heavy (non-hydrogen) atoms. The Balaban J connectivity index is 1.86. The minimum atomic E-state index is -2.75. The van der Waals surface area contributed by atoms with Gasteiger partial charge in [-0.05, 0) is 0 Å². The Hall–Kier alpha value is -9.00. The number of rotatable bonds is 3. The molecular weight excluding hydrogens is 930 g/mol. The Morgan fingerprint density at radius 3 is 0.515 bits per heavy atom. The van der Waals surface area contributed by atoms with Crippen LogP contribution >= 0.6 is 0 Å². The maximum Gasteiger partial charge on any atom is 0.180 e. The first-order valence-corrected chi connectivity index (χ1v) is 16.7. The van der Waals surface area contributed by atoms with Crippen molar-refractivity contribution in [2.24, 2.45) is 0 Å². The Morgan fingerprint density at radius 1 is 0.242 bits per heavy atom. The van der Waals surface area contributed by atoms with E-state index < -0.39 is 203 Å². The molecule has 324 valence electrons. The zero-order valence-electron chi connectivity index (χ0n) is 30.5. The Kier molecular flexibility index (Phi) is 10.5. The lowest BCUT2D eigenvalue weighted by atomic mass is 9.96. The summed E-state index contributed by atoms with van der Waals surface area (Å²) < 4.78 is 282. The van der Waals surface area contributed by atoms with Crippen LogP contribution in [0.1, 0.15) is 33.4 Å². The van der Waals surface area contributed by atoms with Crippen LogP contribution in [0.2, 0.25) is 0 Å². The summed E-state index contributed by atoms with van der Waals surface area (Å²) in [5.74, 6) is -48.3. The Bertz CT molecular complexity index is 3340. The van der Waals surface area contributed by atoms with Gasteiger partial charge in [-0.15, -0.1) is 0 Å². The smallest absolute Gasteiger partial charge is 0.180 e. The van der Waals surface area contributed by atoms with Gasteiger partial charge in [0, 0.05) is 31.3 Å². The molecule has 0 spiro atoms. The van der Waals surface area contributed by atoms with Crippen LogP contribution in [0.15, 0.2) is 16.7 Å². The number of benzene rings is 4. The topological polar surface area (TPSA) is 143 Å². The van der Waals surface area contributed by atoms with Crippen LogP contribution in [0.3, 0.4) is 0 Å². The normalized spacial score (nSPS) is 13.5. The van der Waals surface area contributed by atoms with E-state index in [0.717, 1.165) is 18.2 Å². The van der Waals surface area contributed by atoms with Gasteiger partial charge in [0.1, 0.15) is 88.1 Å². The molecule has 0 unspecified atom stereocenters. The summed E-state index contributed by atoms with van der Waals surface area (Å²) in [5.41, 5.74) is -26.8. The highest BCUT2D eigenvalue weighted by molar-refractivity contribution is 6.05. The quantitative estimate of drug-likeness (QED) is 0.132. The predicted molar refractivity (Wildman–Crippen MR) is 182 cm³/mol. The third kappa shape index (κ3) is 5.48. The zero-order chi connectivity index (χ0) is 49.0. The van der Waals surface area contributed by atoms with Crippen molar-refractivity contribution in [2.45, 2.75) is 0 Å². The number of fused-ring (bicyclic) bond motifs is 6. The minimum absolute atomic E-state index is 0.690. The van der Waals surface area contributed by atoms with Crippen LogP contribution in [0, 0.1) is 138 Å². The summed E-state index contributed by atoms with van der Waals surface area (Å²) in [6.45, 7) is 0. The number of allylic oxidation sites excluding steroid dienone is 6. The Labute approximate surface area is 349 Å². The molecular formula is C42F18N6. The van der Waals surface area contributed by atoms with Crippen LogP contribution < -0.4 is 31.3 Å². The van der Waals surface area contributed by atoms with Gasteiger partial charge in [-0.2, -0.15) is 31.6 Å². The minimum Gasteiger partial charge on any atom is -0.205 e. The number of hydrogen-bond donors (Lipinski definition) is 0. The summed E-state index contributed by atoms with van der Waals surface area (Å²) in [7, 11) is 0. The van der Waals surface area contributed by atoms with E-state index in [-0.39, 0.29) is 0 Å². The molecule has 0 bridgehead atoms. The van der Waals surface area contributed by atoms with Crippen LogP contribution in [-0.4, -0.2) is 0 Å². The highest BCUT2D eigenvalue weighted by Crippen LogP contribution is 2.41. The summed E-state index contributed by atoms with van der Waals surface area (Å²) in [5, 5.41) is 44.0. The van der Waals surface area contributed by atoms with Crippen LogP contribution in [-0.2, 0) is 0 Å². The van der Waals surface area contributed by atoms with Gasteiger partial charge >= 0.3 is 0 Å². The van der Waals surface area contributed by atoms with Gasteiger partial charge in [0.2, 0.25) is 0 Å². The molecule has 3 aliphatic carbocycles. The highest BCUT2D eigenvalue weighted by atomic mass is 19.2. The van der Waals surface area contributed by atoms with Gasteiger partial charge in [0.05, 0.1) is 50.1 Å². The first kappa shape index (κ1) is 45.0. The molecule has 4 aromatic rings. The molecule has 4 aromatic carbocycles. The fraction of sp³-hybridized carbons (Fsp3) is 0. The van der Waals surface area contributed by atoms with Crippen molar-refractivity contribution in [1.29, 1.82) is 31.6 Å². The first-order valence-electron chi connectivity index (χ1n) is 16.7. The molecule has 7 rings (SSSR count). The third-order valence-corrected chi connectivity index (χ3v) is 10.1. The van der Waals surface area contributed by atoms with Gasteiger partial charge < -0.3 is 0 Å². The maximum atomic E-state index is 16.9. The molecule has 3 aliphatic rings. The van der Waals surface area contributed by atoms with Gasteiger partial charge in [-0.3, -0.25) is 0 Å². The second kappa shape index (κ2) is 15.4. The van der Waals surface area contributed by atoms with Gasteiger partial charge in [-0.1, -0.05) is 0 Å². The van der Waals surface area contributed by atoms with Crippen molar-refractivity contribution >= 4 is 51.7 Å². The number of halogens is 18. The van der Waals surface area contributed by atoms with E-state index >= 15 is 52.7 Å². The van der Waals surface area contributed by atoms with Gasteiger partial charge in [0.25, 0.3) is 0 Å². The molecule has 0 aliphatic heterocycles.